The third-order valence-corrected chi connectivity index (χ3v) is 5.46. The summed E-state index contributed by atoms with van der Waals surface area (Å²) in [4.78, 5) is 1.25. The highest BCUT2D eigenvalue weighted by atomic mass is 32.2. The van der Waals surface area contributed by atoms with Crippen LogP contribution in [-0.2, 0) is 10.0 Å². The lowest BCUT2D eigenvalue weighted by molar-refractivity contribution is 0.471. The Labute approximate surface area is 107 Å². The molecule has 0 N–H and O–H groups in total. The smallest absolute Gasteiger partial charge is 0.211 e. The third-order valence-electron chi connectivity index (χ3n) is 2.95. The minimum absolute atomic E-state index is 0.481. The first-order valence-electron chi connectivity index (χ1n) is 5.68. The summed E-state index contributed by atoms with van der Waals surface area (Å²) in [5, 5.41) is 0. The Morgan fingerprint density at radius 3 is 2.65 bits per heavy atom. The number of nitrogens with zero attached hydrogens (tertiary/aromatic N) is 1. The van der Waals surface area contributed by atoms with Crippen molar-refractivity contribution in [1.82, 2.24) is 4.31 Å². The highest BCUT2D eigenvalue weighted by Crippen LogP contribution is 2.26. The Hall–Kier alpha value is -0.520. The highest BCUT2D eigenvalue weighted by molar-refractivity contribution is 7.99. The van der Waals surface area contributed by atoms with Crippen LogP contribution in [0.25, 0.3) is 0 Å². The van der Waals surface area contributed by atoms with Crippen molar-refractivity contribution in [3.05, 3.63) is 30.3 Å². The summed E-state index contributed by atoms with van der Waals surface area (Å²) in [5.74, 6) is 1.48. The standard InChI is InChI=1S/C12H17NO2S2/c1-17(14,15)13-8-7-11(9-13)10-16-12-5-3-2-4-6-12/h2-6,11H,7-10H2,1H3. The Morgan fingerprint density at radius 2 is 2.06 bits per heavy atom. The third kappa shape index (κ3) is 3.72. The molecule has 0 radical (unpaired) electrons. The zero-order valence-corrected chi connectivity index (χ0v) is 11.5. The highest BCUT2D eigenvalue weighted by Gasteiger charge is 2.28. The molecule has 1 unspecified atom stereocenters. The first kappa shape index (κ1) is 12.9. The Kier molecular flexibility index (Phi) is 4.12. The molecule has 3 nitrogen and oxygen atoms in total. The van der Waals surface area contributed by atoms with E-state index >= 15 is 0 Å². The van der Waals surface area contributed by atoms with Crippen LogP contribution in [0.3, 0.4) is 0 Å². The van der Waals surface area contributed by atoms with Crippen molar-refractivity contribution in [3.8, 4) is 0 Å². The Balaban J connectivity index is 1.83. The van der Waals surface area contributed by atoms with E-state index in [1.54, 1.807) is 4.31 Å². The molecule has 1 saturated heterocycles. The lowest BCUT2D eigenvalue weighted by Gasteiger charge is -2.13. The molecule has 1 atom stereocenters. The molecular formula is C12H17NO2S2. The second-order valence-electron chi connectivity index (χ2n) is 4.40. The van der Waals surface area contributed by atoms with Gasteiger partial charge in [0.05, 0.1) is 6.26 Å². The van der Waals surface area contributed by atoms with Crippen LogP contribution in [0.4, 0.5) is 0 Å². The van der Waals surface area contributed by atoms with E-state index < -0.39 is 10.0 Å². The monoisotopic (exact) mass is 271 g/mol. The first-order valence-corrected chi connectivity index (χ1v) is 8.52. The zero-order valence-electron chi connectivity index (χ0n) is 9.87. The van der Waals surface area contributed by atoms with E-state index in [-0.39, 0.29) is 0 Å². The SMILES string of the molecule is CS(=O)(=O)N1CCC(CSc2ccccc2)C1. The molecule has 0 amide bonds. The van der Waals surface area contributed by atoms with Crippen molar-refractivity contribution < 1.29 is 8.42 Å². The van der Waals surface area contributed by atoms with Crippen molar-refractivity contribution in [3.63, 3.8) is 0 Å². The molecule has 1 fully saturated rings. The van der Waals surface area contributed by atoms with E-state index in [4.69, 9.17) is 0 Å². The van der Waals surface area contributed by atoms with Crippen LogP contribution in [0.5, 0.6) is 0 Å². The number of hydrogen-bond donors (Lipinski definition) is 0. The molecule has 1 aliphatic heterocycles. The second-order valence-corrected chi connectivity index (χ2v) is 7.48. The van der Waals surface area contributed by atoms with Crippen LogP contribution < -0.4 is 0 Å². The summed E-state index contributed by atoms with van der Waals surface area (Å²) in [6.45, 7) is 1.36. The molecule has 0 spiro atoms. The summed E-state index contributed by atoms with van der Waals surface area (Å²) in [7, 11) is -2.99. The van der Waals surface area contributed by atoms with Crippen molar-refractivity contribution in [2.24, 2.45) is 5.92 Å². The lowest BCUT2D eigenvalue weighted by atomic mass is 10.2. The molecular weight excluding hydrogens is 254 g/mol. The normalized spacial score (nSPS) is 21.8. The van der Waals surface area contributed by atoms with Gasteiger partial charge in [-0.3, -0.25) is 0 Å². The van der Waals surface area contributed by atoms with Gasteiger partial charge in [-0.15, -0.1) is 11.8 Å². The number of thioether (sulfide) groups is 1. The quantitative estimate of drug-likeness (QED) is 0.787. The topological polar surface area (TPSA) is 37.4 Å². The molecule has 0 aliphatic carbocycles. The molecule has 1 aliphatic rings. The van der Waals surface area contributed by atoms with E-state index in [2.05, 4.69) is 12.1 Å². The van der Waals surface area contributed by atoms with Gasteiger partial charge in [-0.05, 0) is 24.5 Å². The number of rotatable bonds is 4. The van der Waals surface area contributed by atoms with Gasteiger partial charge in [0.2, 0.25) is 10.0 Å². The van der Waals surface area contributed by atoms with Crippen LogP contribution in [0, 0.1) is 5.92 Å². The number of hydrogen-bond acceptors (Lipinski definition) is 3. The van der Waals surface area contributed by atoms with Crippen molar-refractivity contribution in [1.29, 1.82) is 0 Å². The summed E-state index contributed by atoms with van der Waals surface area (Å²) in [6, 6.07) is 10.2. The largest absolute Gasteiger partial charge is 0.213 e. The summed E-state index contributed by atoms with van der Waals surface area (Å²) >= 11 is 1.81. The van der Waals surface area contributed by atoms with Gasteiger partial charge in [0.15, 0.2) is 0 Å². The average Bonchev–Trinajstić information content (AvgIpc) is 2.76. The summed E-state index contributed by atoms with van der Waals surface area (Å²) in [6.07, 6.45) is 2.27. The van der Waals surface area contributed by atoms with E-state index in [9.17, 15) is 8.42 Å². The molecule has 94 valence electrons. The molecule has 1 heterocycles. The fourth-order valence-electron chi connectivity index (χ4n) is 1.97. The van der Waals surface area contributed by atoms with Crippen molar-refractivity contribution in [2.45, 2.75) is 11.3 Å². The number of sulfonamides is 1. The maximum absolute atomic E-state index is 11.4. The first-order chi connectivity index (χ1) is 8.05. The minimum atomic E-state index is -2.99. The van der Waals surface area contributed by atoms with Crippen LogP contribution in [0.2, 0.25) is 0 Å². The Morgan fingerprint density at radius 1 is 1.35 bits per heavy atom. The van der Waals surface area contributed by atoms with Gasteiger partial charge >= 0.3 is 0 Å². The average molecular weight is 271 g/mol. The van der Waals surface area contributed by atoms with Crippen molar-refractivity contribution >= 4 is 21.8 Å². The van der Waals surface area contributed by atoms with Crippen LogP contribution in [0.15, 0.2) is 35.2 Å². The van der Waals surface area contributed by atoms with Gasteiger partial charge < -0.3 is 0 Å². The van der Waals surface area contributed by atoms with E-state index in [0.29, 0.717) is 19.0 Å². The zero-order chi connectivity index (χ0) is 12.3. The maximum Gasteiger partial charge on any atom is 0.211 e. The van der Waals surface area contributed by atoms with Crippen LogP contribution in [-0.4, -0.2) is 37.8 Å². The van der Waals surface area contributed by atoms with Gasteiger partial charge in [-0.1, -0.05) is 18.2 Å². The van der Waals surface area contributed by atoms with Gasteiger partial charge in [-0.2, -0.15) is 0 Å². The summed E-state index contributed by atoms with van der Waals surface area (Å²) in [5.41, 5.74) is 0. The Bertz CT molecular complexity index is 459. The van der Waals surface area contributed by atoms with E-state index in [0.717, 1.165) is 12.2 Å². The molecule has 2 rings (SSSR count). The molecule has 1 aromatic rings. The molecule has 0 saturated carbocycles. The van der Waals surface area contributed by atoms with Crippen molar-refractivity contribution in [2.75, 3.05) is 25.1 Å². The van der Waals surface area contributed by atoms with Crippen LogP contribution in [0.1, 0.15) is 6.42 Å². The van der Waals surface area contributed by atoms with E-state index in [1.165, 1.54) is 11.2 Å². The molecule has 0 aromatic heterocycles. The summed E-state index contributed by atoms with van der Waals surface area (Å²) < 4.78 is 24.3. The fourth-order valence-corrected chi connectivity index (χ4v) is 3.93. The predicted octanol–water partition coefficient (Wildman–Crippen LogP) is 2.06. The lowest BCUT2D eigenvalue weighted by Crippen LogP contribution is -2.27. The van der Waals surface area contributed by atoms with Gasteiger partial charge in [0.25, 0.3) is 0 Å². The second kappa shape index (κ2) is 5.42. The van der Waals surface area contributed by atoms with E-state index in [1.807, 2.05) is 30.0 Å². The van der Waals surface area contributed by atoms with Gasteiger partial charge in [0, 0.05) is 23.7 Å². The maximum atomic E-state index is 11.4. The molecule has 17 heavy (non-hydrogen) atoms. The molecule has 5 heteroatoms. The van der Waals surface area contributed by atoms with Crippen LogP contribution >= 0.6 is 11.8 Å². The minimum Gasteiger partial charge on any atom is -0.213 e. The van der Waals surface area contributed by atoms with Gasteiger partial charge in [-0.25, -0.2) is 12.7 Å². The number of benzene rings is 1. The predicted molar refractivity (Wildman–Crippen MR) is 71.7 cm³/mol. The molecule has 0 bridgehead atoms. The van der Waals surface area contributed by atoms with Gasteiger partial charge in [0.1, 0.15) is 0 Å². The molecule has 1 aromatic carbocycles. The fraction of sp³-hybridized carbons (Fsp3) is 0.500.